The largest absolute Gasteiger partial charge is 0.390 e. The number of halogens is 1. The third-order valence-electron chi connectivity index (χ3n) is 7.00. The van der Waals surface area contributed by atoms with E-state index in [1.807, 2.05) is 18.3 Å². The van der Waals surface area contributed by atoms with Gasteiger partial charge in [-0.3, -0.25) is 0 Å². The molecule has 40 heavy (non-hydrogen) atoms. The van der Waals surface area contributed by atoms with Crippen LogP contribution in [-0.2, 0) is 16.4 Å². The summed E-state index contributed by atoms with van der Waals surface area (Å²) in [5.74, 6) is 0.533. The Morgan fingerprint density at radius 3 is 2.67 bits per heavy atom. The number of aliphatic imine (C=N–C) groups is 1. The molecule has 5 rings (SSSR count). The number of aromatic nitrogens is 3. The second-order valence-corrected chi connectivity index (χ2v) is 11.7. The van der Waals surface area contributed by atoms with Crippen molar-refractivity contribution >= 4 is 50.6 Å². The van der Waals surface area contributed by atoms with E-state index in [-0.39, 0.29) is 21.8 Å². The van der Waals surface area contributed by atoms with Gasteiger partial charge in [0.2, 0.25) is 5.95 Å². The van der Waals surface area contributed by atoms with Crippen LogP contribution in [0.3, 0.4) is 0 Å². The smallest absolute Gasteiger partial charge is 0.285 e. The highest BCUT2D eigenvalue weighted by atomic mass is 35.5. The number of H-pyrrole nitrogens is 1. The van der Waals surface area contributed by atoms with Gasteiger partial charge in [-0.2, -0.15) is 8.42 Å². The molecule has 0 radical (unpaired) electrons. The van der Waals surface area contributed by atoms with Crippen molar-refractivity contribution in [2.75, 3.05) is 5.32 Å². The van der Waals surface area contributed by atoms with Gasteiger partial charge in [-0.15, -0.1) is 4.40 Å². The zero-order chi connectivity index (χ0) is 28.3. The number of aromatic amines is 1. The zero-order valence-corrected chi connectivity index (χ0v) is 23.6. The highest BCUT2D eigenvalue weighted by Gasteiger charge is 2.21. The van der Waals surface area contributed by atoms with Crippen molar-refractivity contribution in [1.29, 1.82) is 0 Å². The number of sulfonamides is 1. The molecular weight excluding hydrogens is 548 g/mol. The summed E-state index contributed by atoms with van der Waals surface area (Å²) in [6.45, 7) is 2.08. The second-order valence-electron chi connectivity index (χ2n) is 9.76. The van der Waals surface area contributed by atoms with E-state index in [2.05, 4.69) is 37.7 Å². The van der Waals surface area contributed by atoms with Gasteiger partial charge in [0.25, 0.3) is 10.0 Å². The fourth-order valence-corrected chi connectivity index (χ4v) is 6.35. The topological polar surface area (TPSA) is 164 Å². The SMILES string of the molecule is CCc1cc(-c2ccc(/C(N=CN)=N/S(=O)(=O)c3ccccc3Cl)[nH]2)cc2cnc(NC3CCC(N)CC3)nc12. The lowest BCUT2D eigenvalue weighted by atomic mass is 9.92. The number of anilines is 1. The summed E-state index contributed by atoms with van der Waals surface area (Å²) in [4.78, 5) is 16.5. The van der Waals surface area contributed by atoms with E-state index < -0.39 is 10.0 Å². The Balaban J connectivity index is 1.45. The van der Waals surface area contributed by atoms with Gasteiger partial charge in [0, 0.05) is 29.4 Å². The molecule has 6 N–H and O–H groups in total. The summed E-state index contributed by atoms with van der Waals surface area (Å²) < 4.78 is 29.8. The molecule has 4 aromatic rings. The van der Waals surface area contributed by atoms with E-state index in [4.69, 9.17) is 28.1 Å². The molecule has 1 fully saturated rings. The molecule has 0 amide bonds. The number of hydrogen-bond donors (Lipinski definition) is 4. The lowest BCUT2D eigenvalue weighted by Gasteiger charge is -2.26. The maximum Gasteiger partial charge on any atom is 0.285 e. The quantitative estimate of drug-likeness (QED) is 0.183. The third kappa shape index (κ3) is 6.01. The Hall–Kier alpha value is -3.80. The average molecular weight is 579 g/mol. The molecule has 2 aromatic carbocycles. The number of nitrogens with zero attached hydrogens (tertiary/aromatic N) is 4. The standard InChI is InChI=1S/C28H31ClN8O2S/c1-2-17-13-18(14-19-15-32-28(36-26(17)19)34-21-9-7-20(31)8-10-21)23-11-12-24(35-23)27(33-16-30)37-40(38,39)25-6-4-3-5-22(25)29/h3-6,11-16,20-21,35H,2,7-10,31H2,1H3,(H2,30,33,37)(H,32,34,36). The molecule has 0 bridgehead atoms. The molecular formula is C28H31ClN8O2S. The molecule has 0 aliphatic heterocycles. The number of rotatable bonds is 7. The fraction of sp³-hybridized carbons (Fsp3) is 0.286. The Morgan fingerprint density at radius 2 is 1.95 bits per heavy atom. The van der Waals surface area contributed by atoms with E-state index in [0.717, 1.165) is 66.2 Å². The van der Waals surface area contributed by atoms with Crippen LogP contribution in [0.15, 0.2) is 69.0 Å². The van der Waals surface area contributed by atoms with Crippen LogP contribution in [0.1, 0.15) is 43.9 Å². The number of aryl methyl sites for hydroxylation is 1. The van der Waals surface area contributed by atoms with Crippen molar-refractivity contribution in [3.05, 3.63) is 71.0 Å². The maximum atomic E-state index is 13.0. The van der Waals surface area contributed by atoms with E-state index in [1.165, 1.54) is 12.1 Å². The molecule has 2 heterocycles. The first-order chi connectivity index (χ1) is 19.3. The number of amidine groups is 1. The average Bonchev–Trinajstić information content (AvgIpc) is 3.44. The summed E-state index contributed by atoms with van der Waals surface area (Å²) in [7, 11) is -4.14. The van der Waals surface area contributed by atoms with Crippen LogP contribution in [0, 0.1) is 0 Å². The molecule has 2 aromatic heterocycles. The van der Waals surface area contributed by atoms with Crippen LogP contribution in [0.2, 0.25) is 5.02 Å². The first kappa shape index (κ1) is 27.8. The Bertz CT molecular complexity index is 1690. The molecule has 0 saturated heterocycles. The van der Waals surface area contributed by atoms with Crippen molar-refractivity contribution in [2.24, 2.45) is 20.9 Å². The van der Waals surface area contributed by atoms with Gasteiger partial charge in [0.1, 0.15) is 4.90 Å². The summed E-state index contributed by atoms with van der Waals surface area (Å²) in [5, 5.41) is 4.45. The maximum absolute atomic E-state index is 13.0. The highest BCUT2D eigenvalue weighted by molar-refractivity contribution is 7.90. The molecule has 208 valence electrons. The first-order valence-corrected chi connectivity index (χ1v) is 14.9. The lowest BCUT2D eigenvalue weighted by molar-refractivity contribution is 0.410. The van der Waals surface area contributed by atoms with Gasteiger partial charge in [-0.1, -0.05) is 30.7 Å². The van der Waals surface area contributed by atoms with Crippen molar-refractivity contribution < 1.29 is 8.42 Å². The predicted molar refractivity (Wildman–Crippen MR) is 160 cm³/mol. The van der Waals surface area contributed by atoms with Crippen LogP contribution in [0.4, 0.5) is 5.95 Å². The van der Waals surface area contributed by atoms with E-state index in [9.17, 15) is 8.42 Å². The third-order valence-corrected chi connectivity index (χ3v) is 8.77. The molecule has 1 aliphatic rings. The van der Waals surface area contributed by atoms with E-state index in [0.29, 0.717) is 17.7 Å². The van der Waals surface area contributed by atoms with Crippen LogP contribution in [0.5, 0.6) is 0 Å². The molecule has 1 aliphatic carbocycles. The van der Waals surface area contributed by atoms with Crippen molar-refractivity contribution in [1.82, 2.24) is 15.0 Å². The Labute approximate surface area is 238 Å². The van der Waals surface area contributed by atoms with Gasteiger partial charge < -0.3 is 21.8 Å². The van der Waals surface area contributed by atoms with Gasteiger partial charge in [0.05, 0.1) is 22.6 Å². The predicted octanol–water partition coefficient (Wildman–Crippen LogP) is 4.65. The van der Waals surface area contributed by atoms with Crippen LogP contribution in [0.25, 0.3) is 22.2 Å². The van der Waals surface area contributed by atoms with Crippen LogP contribution >= 0.6 is 11.6 Å². The minimum Gasteiger partial charge on any atom is -0.390 e. The zero-order valence-electron chi connectivity index (χ0n) is 22.0. The first-order valence-electron chi connectivity index (χ1n) is 13.1. The molecule has 12 heteroatoms. The summed E-state index contributed by atoms with van der Waals surface area (Å²) >= 11 is 6.10. The highest BCUT2D eigenvalue weighted by Crippen LogP contribution is 2.29. The summed E-state index contributed by atoms with van der Waals surface area (Å²) in [6, 6.07) is 14.3. The summed E-state index contributed by atoms with van der Waals surface area (Å²) in [5.41, 5.74) is 15.5. The van der Waals surface area contributed by atoms with E-state index >= 15 is 0 Å². The number of nitrogens with two attached hydrogens (primary N) is 2. The number of nitrogens with one attached hydrogen (secondary N) is 2. The Morgan fingerprint density at radius 1 is 1.18 bits per heavy atom. The molecule has 0 spiro atoms. The molecule has 0 atom stereocenters. The summed E-state index contributed by atoms with van der Waals surface area (Å²) in [6.07, 6.45) is 7.62. The number of fused-ring (bicyclic) bond motifs is 1. The molecule has 1 saturated carbocycles. The fourth-order valence-electron chi connectivity index (χ4n) is 4.88. The van der Waals surface area contributed by atoms with Crippen molar-refractivity contribution in [3.8, 4) is 11.3 Å². The second kappa shape index (κ2) is 11.7. The van der Waals surface area contributed by atoms with Crippen molar-refractivity contribution in [3.63, 3.8) is 0 Å². The monoisotopic (exact) mass is 578 g/mol. The normalized spacial score (nSPS) is 18.4. The minimum atomic E-state index is -4.14. The van der Waals surface area contributed by atoms with Gasteiger partial charge >= 0.3 is 0 Å². The molecule has 0 unspecified atom stereocenters. The van der Waals surface area contributed by atoms with Crippen molar-refractivity contribution in [2.45, 2.75) is 56.0 Å². The van der Waals surface area contributed by atoms with Gasteiger partial charge in [0.15, 0.2) is 5.84 Å². The number of hydrogen-bond acceptors (Lipinski definition) is 6. The van der Waals surface area contributed by atoms with Gasteiger partial charge in [-0.05, 0) is 79.6 Å². The Kier molecular flexibility index (Phi) is 8.15. The minimum absolute atomic E-state index is 0.0706. The molecule has 10 nitrogen and oxygen atoms in total. The van der Waals surface area contributed by atoms with Crippen LogP contribution < -0.4 is 16.8 Å². The van der Waals surface area contributed by atoms with Gasteiger partial charge in [-0.25, -0.2) is 15.0 Å². The number of benzene rings is 2. The lowest BCUT2D eigenvalue weighted by Crippen LogP contribution is -2.33. The van der Waals surface area contributed by atoms with E-state index in [1.54, 1.807) is 18.2 Å². The van der Waals surface area contributed by atoms with Crippen LogP contribution in [-0.4, -0.2) is 47.6 Å².